The number of nitrogens with zero attached hydrogens (tertiary/aromatic N) is 1. The molecule has 0 aliphatic carbocycles. The van der Waals surface area contributed by atoms with Crippen molar-refractivity contribution in [2.75, 3.05) is 19.0 Å². The van der Waals surface area contributed by atoms with Crippen molar-refractivity contribution >= 4 is 23.7 Å². The molecule has 0 saturated carbocycles. The normalized spacial score (nSPS) is 10.5. The lowest BCUT2D eigenvalue weighted by atomic mass is 10.2. The number of benzene rings is 3. The summed E-state index contributed by atoms with van der Waals surface area (Å²) in [4.78, 5) is 24.1. The lowest BCUT2D eigenvalue weighted by molar-refractivity contribution is -0.118. The molecule has 0 heterocycles. The fraction of sp³-hybridized carbons (Fsp3) is 0.0870. The minimum atomic E-state index is -0.536. The van der Waals surface area contributed by atoms with Gasteiger partial charge in [-0.2, -0.15) is 5.10 Å². The number of ether oxygens (including phenoxy) is 2. The van der Waals surface area contributed by atoms with E-state index in [0.717, 1.165) is 0 Å². The van der Waals surface area contributed by atoms with Gasteiger partial charge in [-0.15, -0.1) is 0 Å². The van der Waals surface area contributed by atoms with E-state index < -0.39 is 5.91 Å². The number of aromatic hydroxyl groups is 1. The zero-order chi connectivity index (χ0) is 22.1. The highest BCUT2D eigenvalue weighted by atomic mass is 16.5. The Balaban J connectivity index is 1.57. The van der Waals surface area contributed by atoms with Crippen molar-refractivity contribution in [1.29, 1.82) is 0 Å². The van der Waals surface area contributed by atoms with E-state index in [2.05, 4.69) is 15.8 Å². The minimum Gasteiger partial charge on any atom is -0.507 e. The van der Waals surface area contributed by atoms with Crippen LogP contribution < -0.4 is 20.2 Å². The predicted octanol–water partition coefficient (Wildman–Crippen LogP) is 3.18. The van der Waals surface area contributed by atoms with Gasteiger partial charge < -0.3 is 19.9 Å². The van der Waals surface area contributed by atoms with Gasteiger partial charge in [0.25, 0.3) is 11.8 Å². The summed E-state index contributed by atoms with van der Waals surface area (Å²) in [6.45, 7) is -0.185. The third kappa shape index (κ3) is 6.07. The Bertz CT molecular complexity index is 1080. The molecule has 3 N–H and O–H groups in total. The number of nitrogens with one attached hydrogen (secondary N) is 2. The Morgan fingerprint density at radius 2 is 1.74 bits per heavy atom. The molecule has 0 fully saturated rings. The Hall–Kier alpha value is -4.33. The van der Waals surface area contributed by atoms with E-state index in [1.807, 2.05) is 18.2 Å². The number of phenolic OH excluding ortho intramolecular Hbond substituents is 1. The number of carbonyl (C=O) groups excluding carboxylic acids is 2. The van der Waals surface area contributed by atoms with Crippen molar-refractivity contribution in [3.63, 3.8) is 0 Å². The first-order chi connectivity index (χ1) is 15.1. The number of hydrogen-bond donors (Lipinski definition) is 3. The first-order valence-corrected chi connectivity index (χ1v) is 9.34. The van der Waals surface area contributed by atoms with Gasteiger partial charge in [-0.3, -0.25) is 9.59 Å². The molecular formula is C23H21N3O5. The fourth-order valence-electron chi connectivity index (χ4n) is 2.64. The molecular weight excluding hydrogens is 398 g/mol. The average Bonchev–Trinajstić information content (AvgIpc) is 2.79. The largest absolute Gasteiger partial charge is 0.507 e. The monoisotopic (exact) mass is 419 g/mol. The van der Waals surface area contributed by atoms with Gasteiger partial charge in [0.1, 0.15) is 5.75 Å². The maximum absolute atomic E-state index is 12.0. The molecule has 0 radical (unpaired) electrons. The molecule has 158 valence electrons. The molecule has 0 bridgehead atoms. The van der Waals surface area contributed by atoms with E-state index in [4.69, 9.17) is 9.47 Å². The van der Waals surface area contributed by atoms with Gasteiger partial charge in [-0.1, -0.05) is 30.3 Å². The van der Waals surface area contributed by atoms with Crippen LogP contribution in [-0.2, 0) is 4.79 Å². The number of anilines is 1. The summed E-state index contributed by atoms with van der Waals surface area (Å²) in [6, 6.07) is 20.2. The number of amides is 2. The quantitative estimate of drug-likeness (QED) is 0.384. The second-order valence-electron chi connectivity index (χ2n) is 6.33. The SMILES string of the molecule is COc1cc(/C=N\NC(=O)c2ccccc2O)ccc1OCC(=O)Nc1ccccc1. The van der Waals surface area contributed by atoms with E-state index in [1.165, 1.54) is 25.5 Å². The van der Waals surface area contributed by atoms with Gasteiger partial charge in [0, 0.05) is 5.69 Å². The topological polar surface area (TPSA) is 109 Å². The van der Waals surface area contributed by atoms with Crippen LogP contribution in [-0.4, -0.2) is 36.9 Å². The van der Waals surface area contributed by atoms with E-state index in [1.54, 1.807) is 42.5 Å². The Morgan fingerprint density at radius 3 is 2.48 bits per heavy atom. The molecule has 0 aromatic heterocycles. The molecule has 3 rings (SSSR count). The van der Waals surface area contributed by atoms with Gasteiger partial charge in [0.15, 0.2) is 18.1 Å². The number of para-hydroxylation sites is 2. The molecule has 3 aromatic carbocycles. The summed E-state index contributed by atoms with van der Waals surface area (Å²) >= 11 is 0. The third-order valence-corrected chi connectivity index (χ3v) is 4.13. The summed E-state index contributed by atoms with van der Waals surface area (Å²) < 4.78 is 10.9. The van der Waals surface area contributed by atoms with Gasteiger partial charge in [0.05, 0.1) is 18.9 Å². The third-order valence-electron chi connectivity index (χ3n) is 4.13. The van der Waals surface area contributed by atoms with Crippen LogP contribution in [0.15, 0.2) is 77.9 Å². The zero-order valence-electron chi connectivity index (χ0n) is 16.7. The highest BCUT2D eigenvalue weighted by molar-refractivity contribution is 5.97. The molecule has 3 aromatic rings. The molecule has 2 amide bonds. The van der Waals surface area contributed by atoms with Gasteiger partial charge >= 0.3 is 0 Å². The standard InChI is InChI=1S/C23H21N3O5/c1-30-21-13-16(14-24-26-23(29)18-9-5-6-10-19(18)27)11-12-20(21)31-15-22(28)25-17-7-3-2-4-8-17/h2-14,27H,15H2,1H3,(H,25,28)(H,26,29)/b24-14-. The first kappa shape index (κ1) is 21.4. The molecule has 8 heteroatoms. The summed E-state index contributed by atoms with van der Waals surface area (Å²) in [6.07, 6.45) is 1.42. The number of methoxy groups -OCH3 is 1. The van der Waals surface area contributed by atoms with Crippen molar-refractivity contribution in [2.45, 2.75) is 0 Å². The molecule has 0 spiro atoms. The highest BCUT2D eigenvalue weighted by Gasteiger charge is 2.10. The zero-order valence-corrected chi connectivity index (χ0v) is 16.7. The molecule has 0 unspecified atom stereocenters. The second-order valence-corrected chi connectivity index (χ2v) is 6.33. The van der Waals surface area contributed by atoms with Gasteiger partial charge in [-0.05, 0) is 48.0 Å². The highest BCUT2D eigenvalue weighted by Crippen LogP contribution is 2.27. The van der Waals surface area contributed by atoms with Crippen LogP contribution in [0.25, 0.3) is 0 Å². The van der Waals surface area contributed by atoms with Crippen LogP contribution in [0, 0.1) is 0 Å². The van der Waals surface area contributed by atoms with Gasteiger partial charge in [-0.25, -0.2) is 5.43 Å². The van der Waals surface area contributed by atoms with Crippen molar-refractivity contribution in [2.24, 2.45) is 5.10 Å². The number of hydrazone groups is 1. The second kappa shape index (κ2) is 10.4. The summed E-state index contributed by atoms with van der Waals surface area (Å²) in [5.74, 6) is -0.171. The number of carbonyl (C=O) groups is 2. The first-order valence-electron chi connectivity index (χ1n) is 9.34. The molecule has 0 saturated heterocycles. The Morgan fingerprint density at radius 1 is 1.00 bits per heavy atom. The number of phenols is 1. The van der Waals surface area contributed by atoms with Gasteiger partial charge in [0.2, 0.25) is 0 Å². The summed E-state index contributed by atoms with van der Waals surface area (Å²) in [5.41, 5.74) is 3.79. The number of hydrogen-bond acceptors (Lipinski definition) is 6. The van der Waals surface area contributed by atoms with E-state index in [-0.39, 0.29) is 23.8 Å². The van der Waals surface area contributed by atoms with E-state index >= 15 is 0 Å². The number of rotatable bonds is 8. The molecule has 0 atom stereocenters. The van der Waals surface area contributed by atoms with Crippen LogP contribution >= 0.6 is 0 Å². The Kier molecular flexibility index (Phi) is 7.21. The maximum Gasteiger partial charge on any atom is 0.275 e. The molecule has 31 heavy (non-hydrogen) atoms. The smallest absolute Gasteiger partial charge is 0.275 e. The Labute approximate surface area is 179 Å². The van der Waals surface area contributed by atoms with Crippen LogP contribution in [0.2, 0.25) is 0 Å². The average molecular weight is 419 g/mol. The van der Waals surface area contributed by atoms with Crippen LogP contribution in [0.5, 0.6) is 17.2 Å². The van der Waals surface area contributed by atoms with E-state index in [0.29, 0.717) is 22.7 Å². The van der Waals surface area contributed by atoms with E-state index in [9.17, 15) is 14.7 Å². The summed E-state index contributed by atoms with van der Waals surface area (Å²) in [7, 11) is 1.48. The van der Waals surface area contributed by atoms with Crippen LogP contribution in [0.1, 0.15) is 15.9 Å². The molecule has 0 aliphatic heterocycles. The molecule has 8 nitrogen and oxygen atoms in total. The lowest BCUT2D eigenvalue weighted by Crippen LogP contribution is -2.20. The minimum absolute atomic E-state index is 0.120. The van der Waals surface area contributed by atoms with Crippen LogP contribution in [0.3, 0.4) is 0 Å². The van der Waals surface area contributed by atoms with Crippen molar-refractivity contribution in [3.8, 4) is 17.2 Å². The predicted molar refractivity (Wildman–Crippen MR) is 117 cm³/mol. The van der Waals surface area contributed by atoms with Crippen molar-refractivity contribution < 1.29 is 24.2 Å². The van der Waals surface area contributed by atoms with Crippen molar-refractivity contribution in [1.82, 2.24) is 5.43 Å². The fourth-order valence-corrected chi connectivity index (χ4v) is 2.64. The maximum atomic E-state index is 12.0. The van der Waals surface area contributed by atoms with Crippen LogP contribution in [0.4, 0.5) is 5.69 Å². The lowest BCUT2D eigenvalue weighted by Gasteiger charge is -2.11. The molecule has 0 aliphatic rings. The summed E-state index contributed by atoms with van der Waals surface area (Å²) in [5, 5.41) is 16.3. The van der Waals surface area contributed by atoms with Crippen molar-refractivity contribution in [3.05, 3.63) is 83.9 Å².